The third kappa shape index (κ3) is 2.31. The molecule has 1 aliphatic carbocycles. The Hall–Kier alpha value is -2.18. The maximum Gasteiger partial charge on any atom is 0.380 e. The van der Waals surface area contributed by atoms with Gasteiger partial charge in [0.15, 0.2) is 5.78 Å². The molecule has 0 saturated carbocycles. The second kappa shape index (κ2) is 4.43. The molecule has 0 aliphatic heterocycles. The molecule has 1 aliphatic rings. The van der Waals surface area contributed by atoms with Crippen LogP contribution >= 0.6 is 0 Å². The van der Waals surface area contributed by atoms with Crippen LogP contribution in [0.2, 0.25) is 0 Å². The normalized spacial score (nSPS) is 13.6. The molecule has 0 aromatic heterocycles. The van der Waals surface area contributed by atoms with Gasteiger partial charge in [-0.05, 0) is 28.8 Å². The zero-order valence-electron chi connectivity index (χ0n) is 10.4. The molecule has 102 valence electrons. The van der Waals surface area contributed by atoms with Crippen LogP contribution in [0.15, 0.2) is 42.5 Å². The quantitative estimate of drug-likeness (QED) is 0.911. The summed E-state index contributed by atoms with van der Waals surface area (Å²) in [5.41, 5.74) is 3.16. The number of hydrogen-bond donors (Lipinski definition) is 1. The maximum absolute atomic E-state index is 12.1. The third-order valence-corrected chi connectivity index (χ3v) is 3.58. The monoisotopic (exact) mass is 289 g/mol. The molecule has 20 heavy (non-hydrogen) atoms. The van der Waals surface area contributed by atoms with Crippen molar-refractivity contribution in [2.45, 2.75) is 6.42 Å². The minimum atomic E-state index is -4.06. The van der Waals surface area contributed by atoms with Crippen LogP contribution in [0.5, 0.6) is 5.75 Å². The van der Waals surface area contributed by atoms with E-state index in [2.05, 4.69) is 4.18 Å². The zero-order chi connectivity index (χ0) is 14.3. The zero-order valence-corrected chi connectivity index (χ0v) is 11.2. The molecule has 2 aromatic rings. The first-order valence-corrected chi connectivity index (χ1v) is 7.39. The van der Waals surface area contributed by atoms with Crippen molar-refractivity contribution in [1.29, 1.82) is 0 Å². The molecular formula is C14H11NO4S. The number of fused-ring (bicyclic) bond motifs is 3. The average Bonchev–Trinajstić information content (AvgIpc) is 2.37. The van der Waals surface area contributed by atoms with E-state index in [-0.39, 0.29) is 18.0 Å². The van der Waals surface area contributed by atoms with Gasteiger partial charge in [0.2, 0.25) is 0 Å². The fourth-order valence-electron chi connectivity index (χ4n) is 2.39. The molecule has 0 bridgehead atoms. The highest BCUT2D eigenvalue weighted by Crippen LogP contribution is 2.35. The van der Waals surface area contributed by atoms with Crippen LogP contribution in [-0.2, 0) is 16.7 Å². The fraction of sp³-hybridized carbons (Fsp3) is 0.0714. The van der Waals surface area contributed by atoms with Crippen molar-refractivity contribution >= 4 is 16.1 Å². The van der Waals surface area contributed by atoms with Crippen molar-refractivity contribution in [1.82, 2.24) is 0 Å². The second-order valence-electron chi connectivity index (χ2n) is 4.54. The van der Waals surface area contributed by atoms with E-state index in [1.54, 1.807) is 12.1 Å². The van der Waals surface area contributed by atoms with Gasteiger partial charge in [0.05, 0.1) is 0 Å². The number of carbonyl (C=O) groups is 1. The maximum atomic E-state index is 12.1. The highest BCUT2D eigenvalue weighted by Gasteiger charge is 2.22. The largest absolute Gasteiger partial charge is 0.380 e. The molecule has 0 unspecified atom stereocenters. The van der Waals surface area contributed by atoms with Gasteiger partial charge < -0.3 is 4.18 Å². The van der Waals surface area contributed by atoms with Gasteiger partial charge in [0, 0.05) is 12.0 Å². The Kier molecular flexibility index (Phi) is 2.84. The predicted molar refractivity (Wildman–Crippen MR) is 73.6 cm³/mol. The lowest BCUT2D eigenvalue weighted by Gasteiger charge is -2.19. The van der Waals surface area contributed by atoms with Crippen molar-refractivity contribution in [2.24, 2.45) is 5.14 Å². The smallest absolute Gasteiger partial charge is 0.371 e. The van der Waals surface area contributed by atoms with Crippen LogP contribution in [-0.4, -0.2) is 14.2 Å². The number of ketones is 1. The van der Waals surface area contributed by atoms with Gasteiger partial charge in [-0.25, -0.2) is 0 Å². The summed E-state index contributed by atoms with van der Waals surface area (Å²) in [6, 6.07) is 12.1. The Labute approximate surface area is 116 Å². The van der Waals surface area contributed by atoms with E-state index in [0.717, 1.165) is 16.7 Å². The second-order valence-corrected chi connectivity index (χ2v) is 5.69. The molecule has 5 nitrogen and oxygen atoms in total. The molecule has 0 saturated heterocycles. The van der Waals surface area contributed by atoms with Crippen LogP contribution in [0.25, 0.3) is 11.1 Å². The first kappa shape index (κ1) is 12.8. The number of nitrogens with two attached hydrogens (primary N) is 1. The van der Waals surface area contributed by atoms with E-state index < -0.39 is 10.3 Å². The SMILES string of the molecule is NS(=O)(=O)Oc1ccc2c(c1)CC(=O)c1ccccc1-2. The Balaban J connectivity index is 2.11. The molecule has 6 heteroatoms. The van der Waals surface area contributed by atoms with Gasteiger partial charge in [0.1, 0.15) is 5.75 Å². The van der Waals surface area contributed by atoms with E-state index >= 15 is 0 Å². The summed E-state index contributed by atoms with van der Waals surface area (Å²) in [6.07, 6.45) is 0.216. The van der Waals surface area contributed by atoms with E-state index in [0.29, 0.717) is 5.56 Å². The number of Topliss-reactive ketones (excluding diaryl/α,β-unsaturated/α-hetero) is 1. The van der Waals surface area contributed by atoms with Gasteiger partial charge in [0.25, 0.3) is 0 Å². The minimum absolute atomic E-state index is 0.000792. The molecule has 3 rings (SSSR count). The molecule has 0 spiro atoms. The molecule has 0 amide bonds. The van der Waals surface area contributed by atoms with Crippen molar-refractivity contribution in [2.75, 3.05) is 0 Å². The van der Waals surface area contributed by atoms with Crippen LogP contribution < -0.4 is 9.32 Å². The predicted octanol–water partition coefficient (Wildman–Crippen LogP) is 1.67. The summed E-state index contributed by atoms with van der Waals surface area (Å²) >= 11 is 0. The highest BCUT2D eigenvalue weighted by atomic mass is 32.2. The molecule has 0 atom stereocenters. The molecule has 0 heterocycles. The van der Waals surface area contributed by atoms with Gasteiger partial charge in [-0.2, -0.15) is 13.6 Å². The Morgan fingerprint density at radius 1 is 1.00 bits per heavy atom. The van der Waals surface area contributed by atoms with Crippen LogP contribution in [0, 0.1) is 0 Å². The Morgan fingerprint density at radius 3 is 2.40 bits per heavy atom. The molecule has 0 radical (unpaired) electrons. The van der Waals surface area contributed by atoms with Crippen molar-refractivity contribution < 1.29 is 17.4 Å². The standard InChI is InChI=1S/C14H11NO4S/c15-20(17,18)19-10-5-6-11-9(7-10)8-14(16)13-4-2-1-3-12(11)13/h1-7H,8H2,(H2,15,17,18). The number of benzene rings is 2. The van der Waals surface area contributed by atoms with Gasteiger partial charge in [-0.3, -0.25) is 4.79 Å². The minimum Gasteiger partial charge on any atom is -0.371 e. The van der Waals surface area contributed by atoms with Crippen molar-refractivity contribution in [3.8, 4) is 16.9 Å². The van der Waals surface area contributed by atoms with Crippen molar-refractivity contribution in [3.63, 3.8) is 0 Å². The third-order valence-electron chi connectivity index (χ3n) is 3.16. The summed E-state index contributed by atoms with van der Waals surface area (Å²) in [5, 5.41) is 4.83. The fourth-order valence-corrected chi connectivity index (χ4v) is 2.77. The van der Waals surface area contributed by atoms with Crippen LogP contribution in [0.1, 0.15) is 15.9 Å². The summed E-state index contributed by atoms with van der Waals surface area (Å²) in [4.78, 5) is 12.1. The first-order valence-electron chi connectivity index (χ1n) is 5.92. The summed E-state index contributed by atoms with van der Waals surface area (Å²) in [6.45, 7) is 0. The van der Waals surface area contributed by atoms with Gasteiger partial charge >= 0.3 is 10.3 Å². The first-order chi connectivity index (χ1) is 9.44. The molecule has 0 fully saturated rings. The topological polar surface area (TPSA) is 86.5 Å². The van der Waals surface area contributed by atoms with E-state index in [4.69, 9.17) is 5.14 Å². The van der Waals surface area contributed by atoms with Crippen LogP contribution in [0.3, 0.4) is 0 Å². The number of hydrogen-bond acceptors (Lipinski definition) is 4. The summed E-state index contributed by atoms with van der Waals surface area (Å²) in [7, 11) is -4.06. The van der Waals surface area contributed by atoms with Crippen molar-refractivity contribution in [3.05, 3.63) is 53.6 Å². The average molecular weight is 289 g/mol. The summed E-state index contributed by atoms with van der Waals surface area (Å²) in [5.74, 6) is 0.110. The van der Waals surface area contributed by atoms with Crippen LogP contribution in [0.4, 0.5) is 0 Å². The molecule has 2 N–H and O–H groups in total. The lowest BCUT2D eigenvalue weighted by Crippen LogP contribution is -2.19. The van der Waals surface area contributed by atoms with Gasteiger partial charge in [-0.1, -0.05) is 30.3 Å². The highest BCUT2D eigenvalue weighted by molar-refractivity contribution is 7.84. The Bertz CT molecular complexity index is 812. The van der Waals surface area contributed by atoms with E-state index in [1.807, 2.05) is 18.2 Å². The molecule has 2 aromatic carbocycles. The lowest BCUT2D eigenvalue weighted by atomic mass is 9.85. The number of rotatable bonds is 2. The van der Waals surface area contributed by atoms with Gasteiger partial charge in [-0.15, -0.1) is 0 Å². The molecular weight excluding hydrogens is 278 g/mol. The Morgan fingerprint density at radius 2 is 1.70 bits per heavy atom. The number of carbonyl (C=O) groups excluding carboxylic acids is 1. The van der Waals surface area contributed by atoms with E-state index in [1.165, 1.54) is 12.1 Å². The van der Waals surface area contributed by atoms with E-state index in [9.17, 15) is 13.2 Å². The summed E-state index contributed by atoms with van der Waals surface area (Å²) < 4.78 is 26.5. The lowest BCUT2D eigenvalue weighted by molar-refractivity contribution is 0.0992.